The molecular weight excluding hydrogens is 647 g/mol. The predicted octanol–water partition coefficient (Wildman–Crippen LogP) is 12.2. The molecule has 0 saturated heterocycles. The molecule has 4 nitrogen and oxygen atoms in total. The molecule has 0 bridgehead atoms. The summed E-state index contributed by atoms with van der Waals surface area (Å²) in [6.07, 6.45) is 18.5. The van der Waals surface area contributed by atoms with Gasteiger partial charge in [-0.2, -0.15) is 0 Å². The van der Waals surface area contributed by atoms with Gasteiger partial charge in [0.25, 0.3) is 0 Å². The van der Waals surface area contributed by atoms with E-state index in [4.69, 9.17) is 19.4 Å². The molecule has 10 rings (SSSR count). The Hall–Kier alpha value is -6.13. The summed E-state index contributed by atoms with van der Waals surface area (Å²) < 4.78 is 6.76. The number of aromatic nitrogens is 3. The van der Waals surface area contributed by atoms with Crippen molar-refractivity contribution in [2.75, 3.05) is 0 Å². The maximum absolute atomic E-state index is 6.76. The van der Waals surface area contributed by atoms with Crippen molar-refractivity contribution in [3.63, 3.8) is 0 Å². The molecule has 0 amide bonds. The van der Waals surface area contributed by atoms with E-state index in [0.717, 1.165) is 58.3 Å². The number of hydrogen-bond acceptors (Lipinski definition) is 4. The summed E-state index contributed by atoms with van der Waals surface area (Å²) in [4.78, 5) is 15.7. The summed E-state index contributed by atoms with van der Waals surface area (Å²) in [6, 6.07) is 39.1. The Morgan fingerprint density at radius 3 is 2.13 bits per heavy atom. The highest BCUT2D eigenvalue weighted by Crippen LogP contribution is 2.46. The maximum Gasteiger partial charge on any atom is 0.164 e. The fourth-order valence-corrected chi connectivity index (χ4v) is 8.35. The fourth-order valence-electron chi connectivity index (χ4n) is 8.35. The number of para-hydroxylation sites is 1. The highest BCUT2D eigenvalue weighted by Gasteiger charge is 2.32. The lowest BCUT2D eigenvalue weighted by Gasteiger charge is -2.29. The van der Waals surface area contributed by atoms with Gasteiger partial charge in [0.05, 0.1) is 0 Å². The van der Waals surface area contributed by atoms with E-state index in [1.807, 2.05) is 6.07 Å². The SMILES string of the molecule is CC1C=C(c2nc(C3=CCC(C)(c4ccc5ccccc5c4)C=C3)nc(C3=CCC(c4ccc5ccccc5c4)c4oc5ccccc5c43)n2)C=CC1. The molecule has 3 aliphatic carbocycles. The first-order chi connectivity index (χ1) is 26.0. The van der Waals surface area contributed by atoms with Crippen LogP contribution in [0, 0.1) is 5.92 Å². The normalized spacial score (nSPS) is 21.1. The molecule has 53 heavy (non-hydrogen) atoms. The number of nitrogens with zero attached hydrogens (tertiary/aromatic N) is 3. The largest absolute Gasteiger partial charge is 0.460 e. The van der Waals surface area contributed by atoms with E-state index in [0.29, 0.717) is 23.4 Å². The number of furan rings is 1. The Morgan fingerprint density at radius 1 is 0.660 bits per heavy atom. The van der Waals surface area contributed by atoms with Crippen LogP contribution in [0.5, 0.6) is 0 Å². The fraction of sp³-hybridized carbons (Fsp3) is 0.163. The maximum atomic E-state index is 6.76. The minimum absolute atomic E-state index is 0.0770. The van der Waals surface area contributed by atoms with Gasteiger partial charge in [0.2, 0.25) is 0 Å². The van der Waals surface area contributed by atoms with Crippen molar-refractivity contribution >= 4 is 49.2 Å². The van der Waals surface area contributed by atoms with Crippen molar-refractivity contribution in [2.24, 2.45) is 5.92 Å². The van der Waals surface area contributed by atoms with Crippen LogP contribution < -0.4 is 0 Å². The summed E-state index contributed by atoms with van der Waals surface area (Å²) in [5, 5.41) is 6.07. The first-order valence-electron chi connectivity index (χ1n) is 18.7. The number of allylic oxidation sites excluding steroid dienone is 9. The summed E-state index contributed by atoms with van der Waals surface area (Å²) in [5.41, 5.74) is 7.43. The van der Waals surface area contributed by atoms with Gasteiger partial charge in [-0.25, -0.2) is 15.0 Å². The van der Waals surface area contributed by atoms with Crippen LogP contribution >= 0.6 is 0 Å². The Balaban J connectivity index is 1.08. The zero-order valence-electron chi connectivity index (χ0n) is 30.0. The first-order valence-corrected chi connectivity index (χ1v) is 18.7. The molecule has 2 aromatic heterocycles. The highest BCUT2D eigenvalue weighted by atomic mass is 16.3. The zero-order chi connectivity index (χ0) is 35.5. The van der Waals surface area contributed by atoms with Gasteiger partial charge in [0.1, 0.15) is 11.3 Å². The van der Waals surface area contributed by atoms with Gasteiger partial charge in [-0.15, -0.1) is 0 Å². The third-order valence-corrected chi connectivity index (χ3v) is 11.4. The van der Waals surface area contributed by atoms with E-state index in [1.165, 1.54) is 32.7 Å². The van der Waals surface area contributed by atoms with Crippen molar-refractivity contribution in [1.82, 2.24) is 15.0 Å². The smallest absolute Gasteiger partial charge is 0.164 e. The van der Waals surface area contributed by atoms with E-state index < -0.39 is 0 Å². The average Bonchev–Trinajstić information content (AvgIpc) is 3.60. The molecule has 0 aliphatic heterocycles. The predicted molar refractivity (Wildman–Crippen MR) is 217 cm³/mol. The van der Waals surface area contributed by atoms with Crippen molar-refractivity contribution in [3.8, 4) is 0 Å². The van der Waals surface area contributed by atoms with Gasteiger partial charge < -0.3 is 4.42 Å². The van der Waals surface area contributed by atoms with E-state index in [1.54, 1.807) is 0 Å². The Morgan fingerprint density at radius 2 is 1.36 bits per heavy atom. The second-order valence-electron chi connectivity index (χ2n) is 15.1. The Labute approximate surface area is 309 Å². The van der Waals surface area contributed by atoms with Crippen molar-refractivity contribution in [3.05, 3.63) is 192 Å². The van der Waals surface area contributed by atoms with E-state index in [2.05, 4.69) is 160 Å². The molecule has 0 spiro atoms. The van der Waals surface area contributed by atoms with E-state index in [-0.39, 0.29) is 11.3 Å². The van der Waals surface area contributed by atoms with Crippen molar-refractivity contribution in [1.29, 1.82) is 0 Å². The molecule has 2 heterocycles. The molecule has 4 heteroatoms. The van der Waals surface area contributed by atoms with Crippen LogP contribution in [0.25, 0.3) is 49.2 Å². The van der Waals surface area contributed by atoms with Crippen LogP contribution in [0.2, 0.25) is 0 Å². The van der Waals surface area contributed by atoms with Gasteiger partial charge in [-0.1, -0.05) is 160 Å². The van der Waals surface area contributed by atoms with Crippen LogP contribution in [-0.4, -0.2) is 15.0 Å². The molecule has 256 valence electrons. The topological polar surface area (TPSA) is 51.8 Å². The minimum atomic E-state index is -0.134. The highest BCUT2D eigenvalue weighted by molar-refractivity contribution is 5.98. The molecule has 7 aromatic rings. The Bertz CT molecular complexity index is 2760. The number of fused-ring (bicyclic) bond motifs is 5. The Kier molecular flexibility index (Phi) is 7.47. The third kappa shape index (κ3) is 5.57. The van der Waals surface area contributed by atoms with Gasteiger partial charge in [0, 0.05) is 39.0 Å². The lowest BCUT2D eigenvalue weighted by molar-refractivity contribution is 0.516. The van der Waals surface area contributed by atoms with Crippen LogP contribution in [-0.2, 0) is 5.41 Å². The van der Waals surface area contributed by atoms with Crippen LogP contribution in [0.4, 0.5) is 0 Å². The van der Waals surface area contributed by atoms with E-state index >= 15 is 0 Å². The molecule has 0 N–H and O–H groups in total. The lowest BCUT2D eigenvalue weighted by Crippen LogP contribution is -2.20. The summed E-state index contributed by atoms with van der Waals surface area (Å²) in [6.45, 7) is 4.56. The van der Waals surface area contributed by atoms with Crippen LogP contribution in [0.15, 0.2) is 156 Å². The van der Waals surface area contributed by atoms with Gasteiger partial charge in [0.15, 0.2) is 17.5 Å². The van der Waals surface area contributed by atoms with Crippen molar-refractivity contribution in [2.45, 2.75) is 44.4 Å². The van der Waals surface area contributed by atoms with Crippen LogP contribution in [0.3, 0.4) is 0 Å². The second kappa shape index (κ2) is 12.5. The summed E-state index contributed by atoms with van der Waals surface area (Å²) >= 11 is 0. The zero-order valence-corrected chi connectivity index (χ0v) is 30.0. The molecule has 0 fully saturated rings. The minimum Gasteiger partial charge on any atom is -0.460 e. The number of hydrogen-bond donors (Lipinski definition) is 0. The van der Waals surface area contributed by atoms with Crippen LogP contribution in [0.1, 0.15) is 79.0 Å². The summed E-state index contributed by atoms with van der Waals surface area (Å²) in [5.74, 6) is 3.54. The van der Waals surface area contributed by atoms with Gasteiger partial charge >= 0.3 is 0 Å². The molecule has 3 aliphatic rings. The second-order valence-corrected chi connectivity index (χ2v) is 15.1. The average molecular weight is 686 g/mol. The molecule has 3 atom stereocenters. The lowest BCUT2D eigenvalue weighted by atomic mass is 9.75. The molecule has 0 radical (unpaired) electrons. The van der Waals surface area contributed by atoms with Gasteiger partial charge in [-0.05, 0) is 63.9 Å². The summed E-state index contributed by atoms with van der Waals surface area (Å²) in [7, 11) is 0. The van der Waals surface area contributed by atoms with Gasteiger partial charge in [-0.3, -0.25) is 0 Å². The van der Waals surface area contributed by atoms with Crippen molar-refractivity contribution < 1.29 is 4.42 Å². The number of rotatable bonds is 5. The molecular formula is C49H39N3O. The monoisotopic (exact) mass is 685 g/mol. The molecule has 5 aromatic carbocycles. The number of benzene rings is 5. The third-order valence-electron chi connectivity index (χ3n) is 11.4. The first kappa shape index (κ1) is 31.6. The quantitative estimate of drug-likeness (QED) is 0.181. The molecule has 3 unspecified atom stereocenters. The molecule has 0 saturated carbocycles. The van der Waals surface area contributed by atoms with E-state index in [9.17, 15) is 0 Å². The standard InChI is InChI=1S/C49H39N3O/c1-31-10-9-15-38(28-31)47-50-46(34-24-26-49(2,27-25-34)39-21-20-33-12-4-6-14-36(33)30-39)51-48(52-47)42-23-22-40(37-19-18-32-11-3-5-13-35(32)29-37)45-44(42)41-16-7-8-17-43(41)53-45/h3-9,11-21,23-26,28-31,40H,10,22,27H2,1-2H3.